The number of nitrogens with zero attached hydrogens (tertiary/aromatic N) is 1. The van der Waals surface area contributed by atoms with Crippen molar-refractivity contribution in [1.82, 2.24) is 0 Å². The number of hydrogen-bond acceptors (Lipinski definition) is 4. The van der Waals surface area contributed by atoms with Gasteiger partial charge >= 0.3 is 0 Å². The van der Waals surface area contributed by atoms with Gasteiger partial charge in [0.05, 0.1) is 28.3 Å². The normalized spacial score (nSPS) is 13.9. The lowest BCUT2D eigenvalue weighted by atomic mass is 10.1. The largest absolute Gasteiger partial charge is 0.497 e. The maximum absolute atomic E-state index is 13.4. The molecule has 2 amide bonds. The van der Waals surface area contributed by atoms with Gasteiger partial charge in [-0.2, -0.15) is 0 Å². The van der Waals surface area contributed by atoms with Gasteiger partial charge in [0.1, 0.15) is 5.75 Å². The molecule has 0 spiro atoms. The molecule has 1 aliphatic heterocycles. The van der Waals surface area contributed by atoms with Crippen molar-refractivity contribution in [1.29, 1.82) is 0 Å². The summed E-state index contributed by atoms with van der Waals surface area (Å²) in [5.41, 5.74) is 1.30. The minimum Gasteiger partial charge on any atom is -0.497 e. The topological polar surface area (TPSA) is 46.6 Å². The van der Waals surface area contributed by atoms with Gasteiger partial charge < -0.3 is 4.74 Å². The van der Waals surface area contributed by atoms with E-state index >= 15 is 0 Å². The van der Waals surface area contributed by atoms with Crippen LogP contribution >= 0.6 is 35.0 Å². The van der Waals surface area contributed by atoms with Gasteiger partial charge in [-0.1, -0.05) is 59.2 Å². The number of benzene rings is 3. The van der Waals surface area contributed by atoms with Crippen molar-refractivity contribution in [2.75, 3.05) is 12.0 Å². The fourth-order valence-corrected chi connectivity index (χ4v) is 4.43. The van der Waals surface area contributed by atoms with Crippen LogP contribution in [-0.2, 0) is 9.59 Å². The molecular weight excluding hydrogens is 441 g/mol. The first-order chi connectivity index (χ1) is 14.5. The Hall–Kier alpha value is -2.73. The number of methoxy groups -OCH3 is 1. The molecule has 4 rings (SSSR count). The molecule has 0 N–H and O–H groups in total. The van der Waals surface area contributed by atoms with Gasteiger partial charge in [-0.25, -0.2) is 4.90 Å². The van der Waals surface area contributed by atoms with Crippen LogP contribution in [0.2, 0.25) is 10.0 Å². The third kappa shape index (κ3) is 3.84. The Morgan fingerprint density at radius 2 is 1.50 bits per heavy atom. The van der Waals surface area contributed by atoms with Crippen LogP contribution < -0.4 is 9.64 Å². The van der Waals surface area contributed by atoms with Crippen LogP contribution in [0.15, 0.2) is 82.6 Å². The summed E-state index contributed by atoms with van der Waals surface area (Å²) in [5, 5.41) is 0.918. The number of amides is 2. The Balaban J connectivity index is 1.82. The maximum atomic E-state index is 13.4. The second kappa shape index (κ2) is 8.56. The Kier molecular flexibility index (Phi) is 5.86. The minimum absolute atomic E-state index is 0.322. The molecule has 0 aromatic heterocycles. The SMILES string of the molecule is COc1ccc(C2=C(Sc3ccc(Cl)cc3)C(=O)N(c3ccccc3Cl)C2=O)cc1. The molecule has 1 aliphatic rings. The van der Waals surface area contributed by atoms with Crippen LogP contribution in [0, 0.1) is 0 Å². The second-order valence-corrected chi connectivity index (χ2v) is 8.31. The number of carbonyl (C=O) groups excluding carboxylic acids is 2. The molecule has 0 atom stereocenters. The Morgan fingerprint density at radius 3 is 2.13 bits per heavy atom. The predicted molar refractivity (Wildman–Crippen MR) is 121 cm³/mol. The Bertz CT molecular complexity index is 1160. The highest BCUT2D eigenvalue weighted by Crippen LogP contribution is 2.43. The standard InChI is InChI=1S/C23H15Cl2NO3S/c1-29-16-10-6-14(7-11-16)20-21(30-17-12-8-15(24)9-13-17)23(28)26(22(20)27)19-5-3-2-4-18(19)25/h2-13H,1H3. The number of halogens is 2. The number of carbonyl (C=O) groups is 2. The third-order valence-electron chi connectivity index (χ3n) is 4.55. The summed E-state index contributed by atoms with van der Waals surface area (Å²) in [4.78, 5) is 29.0. The summed E-state index contributed by atoms with van der Waals surface area (Å²) < 4.78 is 5.21. The van der Waals surface area contributed by atoms with Crippen LogP contribution in [0.25, 0.3) is 5.57 Å². The van der Waals surface area contributed by atoms with E-state index in [1.54, 1.807) is 67.8 Å². The first-order valence-corrected chi connectivity index (χ1v) is 10.5. The van der Waals surface area contributed by atoms with Gasteiger partial charge in [-0.3, -0.25) is 9.59 Å². The molecular formula is C23H15Cl2NO3S. The van der Waals surface area contributed by atoms with E-state index in [1.165, 1.54) is 11.8 Å². The molecule has 0 unspecified atom stereocenters. The zero-order valence-electron chi connectivity index (χ0n) is 15.8. The third-order valence-corrected chi connectivity index (χ3v) is 6.21. The van der Waals surface area contributed by atoms with E-state index < -0.39 is 11.8 Å². The second-order valence-electron chi connectivity index (χ2n) is 6.39. The van der Waals surface area contributed by atoms with Gasteiger partial charge in [0, 0.05) is 9.92 Å². The van der Waals surface area contributed by atoms with Crippen LogP contribution in [0.3, 0.4) is 0 Å². The quantitative estimate of drug-likeness (QED) is 0.437. The van der Waals surface area contributed by atoms with Crippen molar-refractivity contribution >= 4 is 58.0 Å². The zero-order valence-corrected chi connectivity index (χ0v) is 18.1. The van der Waals surface area contributed by atoms with Crippen molar-refractivity contribution in [3.8, 4) is 5.75 Å². The average Bonchev–Trinajstić information content (AvgIpc) is 3.00. The van der Waals surface area contributed by atoms with E-state index in [-0.39, 0.29) is 0 Å². The zero-order chi connectivity index (χ0) is 21.3. The van der Waals surface area contributed by atoms with E-state index in [0.29, 0.717) is 37.5 Å². The number of ether oxygens (including phenoxy) is 1. The van der Waals surface area contributed by atoms with Crippen LogP contribution in [-0.4, -0.2) is 18.9 Å². The molecule has 0 saturated carbocycles. The molecule has 0 aliphatic carbocycles. The summed E-state index contributed by atoms with van der Waals surface area (Å²) in [5.74, 6) is -0.181. The van der Waals surface area contributed by atoms with E-state index in [4.69, 9.17) is 27.9 Å². The van der Waals surface area contributed by atoms with Gasteiger partial charge in [0.15, 0.2) is 0 Å². The number of hydrogen-bond donors (Lipinski definition) is 0. The van der Waals surface area contributed by atoms with Gasteiger partial charge in [0.2, 0.25) is 0 Å². The first-order valence-electron chi connectivity index (χ1n) is 8.95. The first kappa shape index (κ1) is 20.5. The van der Waals surface area contributed by atoms with Gasteiger partial charge in [-0.05, 0) is 54.1 Å². The number of imide groups is 1. The summed E-state index contributed by atoms with van der Waals surface area (Å²) in [6.07, 6.45) is 0. The molecule has 4 nitrogen and oxygen atoms in total. The smallest absolute Gasteiger partial charge is 0.272 e. The Labute approximate surface area is 188 Å². The lowest BCUT2D eigenvalue weighted by Gasteiger charge is -2.16. The van der Waals surface area contributed by atoms with Crippen molar-refractivity contribution in [3.63, 3.8) is 0 Å². The van der Waals surface area contributed by atoms with E-state index in [9.17, 15) is 9.59 Å². The predicted octanol–water partition coefficient (Wildman–Crippen LogP) is 6.08. The average molecular weight is 456 g/mol. The van der Waals surface area contributed by atoms with Crippen LogP contribution in [0.5, 0.6) is 5.75 Å². The van der Waals surface area contributed by atoms with Crippen molar-refractivity contribution in [2.45, 2.75) is 4.90 Å². The molecule has 0 fully saturated rings. The van der Waals surface area contributed by atoms with Crippen molar-refractivity contribution in [2.24, 2.45) is 0 Å². The fraction of sp³-hybridized carbons (Fsp3) is 0.0435. The highest BCUT2D eigenvalue weighted by atomic mass is 35.5. The summed E-state index contributed by atoms with van der Waals surface area (Å²) >= 11 is 13.5. The van der Waals surface area contributed by atoms with Gasteiger partial charge in [-0.15, -0.1) is 0 Å². The number of para-hydroxylation sites is 1. The molecule has 3 aromatic rings. The molecule has 0 bridgehead atoms. The van der Waals surface area contributed by atoms with Crippen molar-refractivity contribution < 1.29 is 14.3 Å². The van der Waals surface area contributed by atoms with Crippen molar-refractivity contribution in [3.05, 3.63) is 93.3 Å². The van der Waals surface area contributed by atoms with Crippen LogP contribution in [0.1, 0.15) is 5.56 Å². The van der Waals surface area contributed by atoms with E-state index in [1.807, 2.05) is 12.1 Å². The highest BCUT2D eigenvalue weighted by molar-refractivity contribution is 8.04. The molecule has 7 heteroatoms. The number of anilines is 1. The summed E-state index contributed by atoms with van der Waals surface area (Å²) in [6.45, 7) is 0. The molecule has 30 heavy (non-hydrogen) atoms. The fourth-order valence-electron chi connectivity index (χ4n) is 3.09. The highest BCUT2D eigenvalue weighted by Gasteiger charge is 2.41. The molecule has 0 radical (unpaired) electrons. The maximum Gasteiger partial charge on any atom is 0.272 e. The lowest BCUT2D eigenvalue weighted by Crippen LogP contribution is -2.31. The Morgan fingerprint density at radius 1 is 0.833 bits per heavy atom. The lowest BCUT2D eigenvalue weighted by molar-refractivity contribution is -0.119. The van der Waals surface area contributed by atoms with Crippen LogP contribution in [0.4, 0.5) is 5.69 Å². The molecule has 0 saturated heterocycles. The summed E-state index contributed by atoms with van der Waals surface area (Å²) in [7, 11) is 1.57. The summed E-state index contributed by atoms with van der Waals surface area (Å²) in [6, 6.07) is 20.9. The van der Waals surface area contributed by atoms with E-state index in [0.717, 1.165) is 9.80 Å². The monoisotopic (exact) mass is 455 g/mol. The molecule has 3 aromatic carbocycles. The molecule has 150 valence electrons. The van der Waals surface area contributed by atoms with E-state index in [2.05, 4.69) is 0 Å². The number of thioether (sulfide) groups is 1. The minimum atomic E-state index is -0.422. The molecule has 1 heterocycles. The van der Waals surface area contributed by atoms with Gasteiger partial charge in [0.25, 0.3) is 11.8 Å². The number of rotatable bonds is 5.